The first kappa shape index (κ1) is 16.0. The first-order chi connectivity index (χ1) is 10.0. The number of aryl methyl sites for hydroxylation is 2. The summed E-state index contributed by atoms with van der Waals surface area (Å²) in [5.41, 5.74) is 6.34. The molecule has 0 unspecified atom stereocenters. The zero-order chi connectivity index (χ0) is 15.4. The third kappa shape index (κ3) is 3.82. The number of nitrogens with zero attached hydrogens (tertiary/aromatic N) is 1. The van der Waals surface area contributed by atoms with Gasteiger partial charge in [0.1, 0.15) is 0 Å². The summed E-state index contributed by atoms with van der Waals surface area (Å²) in [5, 5.41) is 4.88. The van der Waals surface area contributed by atoms with Gasteiger partial charge in [0, 0.05) is 17.6 Å². The van der Waals surface area contributed by atoms with E-state index in [1.54, 1.807) is 0 Å². The molecule has 2 rings (SSSR count). The standard InChI is InChI=1S/C19H28N2/c1-6-7-8-20-12-16-11-18(13(2)3)21-19-15(5)9-14(4)10-17(16)19/h9-11,13,20H,6-8,12H2,1-5H3. The predicted molar refractivity (Wildman–Crippen MR) is 91.9 cm³/mol. The molecule has 1 aromatic carbocycles. The van der Waals surface area contributed by atoms with Crippen LogP contribution in [-0.2, 0) is 6.54 Å². The first-order valence-corrected chi connectivity index (χ1v) is 8.14. The van der Waals surface area contributed by atoms with Crippen LogP contribution in [0, 0.1) is 13.8 Å². The highest BCUT2D eigenvalue weighted by molar-refractivity contribution is 5.86. The minimum absolute atomic E-state index is 0.462. The number of benzene rings is 1. The molecule has 0 aliphatic heterocycles. The lowest BCUT2D eigenvalue weighted by Crippen LogP contribution is -2.15. The average Bonchev–Trinajstić information content (AvgIpc) is 2.43. The minimum Gasteiger partial charge on any atom is -0.313 e. The van der Waals surface area contributed by atoms with E-state index in [1.165, 1.54) is 46.1 Å². The maximum absolute atomic E-state index is 4.89. The summed E-state index contributed by atoms with van der Waals surface area (Å²) < 4.78 is 0. The van der Waals surface area contributed by atoms with Crippen molar-refractivity contribution in [3.63, 3.8) is 0 Å². The molecule has 114 valence electrons. The maximum Gasteiger partial charge on any atom is 0.0738 e. The SMILES string of the molecule is CCCCNCc1cc(C(C)C)nc2c(C)cc(C)cc12. The zero-order valence-electron chi connectivity index (χ0n) is 14.1. The highest BCUT2D eigenvalue weighted by Crippen LogP contribution is 2.26. The Kier molecular flexibility index (Phi) is 5.35. The van der Waals surface area contributed by atoms with Crippen molar-refractivity contribution in [3.05, 3.63) is 40.6 Å². The van der Waals surface area contributed by atoms with Gasteiger partial charge < -0.3 is 5.32 Å². The molecule has 1 N–H and O–H groups in total. The van der Waals surface area contributed by atoms with Gasteiger partial charge in [-0.25, -0.2) is 0 Å². The maximum atomic E-state index is 4.89. The van der Waals surface area contributed by atoms with Gasteiger partial charge in [-0.15, -0.1) is 0 Å². The van der Waals surface area contributed by atoms with Crippen LogP contribution in [0.15, 0.2) is 18.2 Å². The number of pyridine rings is 1. The topological polar surface area (TPSA) is 24.9 Å². The molecule has 0 saturated carbocycles. The largest absolute Gasteiger partial charge is 0.313 e. The molecule has 0 spiro atoms. The van der Waals surface area contributed by atoms with Crippen molar-refractivity contribution in [2.45, 2.75) is 59.9 Å². The van der Waals surface area contributed by atoms with Crippen LogP contribution in [0.2, 0.25) is 0 Å². The molecule has 0 bridgehead atoms. The fourth-order valence-corrected chi connectivity index (χ4v) is 2.74. The Hall–Kier alpha value is -1.41. The van der Waals surface area contributed by atoms with Gasteiger partial charge in [0.15, 0.2) is 0 Å². The first-order valence-electron chi connectivity index (χ1n) is 8.14. The lowest BCUT2D eigenvalue weighted by molar-refractivity contribution is 0.642. The van der Waals surface area contributed by atoms with Gasteiger partial charge in [-0.05, 0) is 56.0 Å². The summed E-state index contributed by atoms with van der Waals surface area (Å²) in [7, 11) is 0. The molecule has 0 atom stereocenters. The number of rotatable bonds is 6. The quantitative estimate of drug-likeness (QED) is 0.766. The van der Waals surface area contributed by atoms with Crippen molar-refractivity contribution in [2.75, 3.05) is 6.54 Å². The summed E-state index contributed by atoms with van der Waals surface area (Å²) >= 11 is 0. The van der Waals surface area contributed by atoms with Crippen LogP contribution in [0.5, 0.6) is 0 Å². The van der Waals surface area contributed by atoms with Gasteiger partial charge in [-0.1, -0.05) is 38.8 Å². The fourth-order valence-electron chi connectivity index (χ4n) is 2.74. The number of fused-ring (bicyclic) bond motifs is 1. The van der Waals surface area contributed by atoms with E-state index in [1.807, 2.05) is 0 Å². The van der Waals surface area contributed by atoms with Gasteiger partial charge in [0.05, 0.1) is 5.52 Å². The van der Waals surface area contributed by atoms with Crippen LogP contribution in [0.3, 0.4) is 0 Å². The molecule has 0 aliphatic rings. The Balaban J connectivity index is 2.44. The summed E-state index contributed by atoms with van der Waals surface area (Å²) in [6.45, 7) is 13.0. The van der Waals surface area contributed by atoms with Crippen LogP contribution >= 0.6 is 0 Å². The van der Waals surface area contributed by atoms with Crippen LogP contribution < -0.4 is 5.32 Å². The summed E-state index contributed by atoms with van der Waals surface area (Å²) in [6.07, 6.45) is 2.47. The highest BCUT2D eigenvalue weighted by Gasteiger charge is 2.10. The van der Waals surface area contributed by atoms with Gasteiger partial charge in [-0.3, -0.25) is 4.98 Å². The molecular weight excluding hydrogens is 256 g/mol. The number of hydrogen-bond donors (Lipinski definition) is 1. The molecular formula is C19H28N2. The highest BCUT2D eigenvalue weighted by atomic mass is 14.8. The second-order valence-corrected chi connectivity index (χ2v) is 6.37. The molecule has 0 aliphatic carbocycles. The normalized spacial score (nSPS) is 11.5. The third-order valence-corrected chi connectivity index (χ3v) is 3.97. The van der Waals surface area contributed by atoms with Crippen molar-refractivity contribution in [1.82, 2.24) is 10.3 Å². The van der Waals surface area contributed by atoms with E-state index in [-0.39, 0.29) is 0 Å². The van der Waals surface area contributed by atoms with Gasteiger partial charge in [0.25, 0.3) is 0 Å². The van der Waals surface area contributed by atoms with Crippen LogP contribution in [0.25, 0.3) is 10.9 Å². The van der Waals surface area contributed by atoms with E-state index in [0.29, 0.717) is 5.92 Å². The molecule has 1 heterocycles. The molecule has 2 heteroatoms. The Morgan fingerprint density at radius 1 is 1.14 bits per heavy atom. The molecule has 2 aromatic rings. The van der Waals surface area contributed by atoms with Gasteiger partial charge >= 0.3 is 0 Å². The van der Waals surface area contributed by atoms with Crippen LogP contribution in [-0.4, -0.2) is 11.5 Å². The Morgan fingerprint density at radius 3 is 2.57 bits per heavy atom. The van der Waals surface area contributed by atoms with Crippen molar-refractivity contribution < 1.29 is 0 Å². The van der Waals surface area contributed by atoms with Crippen LogP contribution in [0.4, 0.5) is 0 Å². The fraction of sp³-hybridized carbons (Fsp3) is 0.526. The van der Waals surface area contributed by atoms with E-state index in [0.717, 1.165) is 13.1 Å². The monoisotopic (exact) mass is 284 g/mol. The Bertz CT molecular complexity index is 614. The molecule has 0 fully saturated rings. The van der Waals surface area contributed by atoms with Crippen LogP contribution in [0.1, 0.15) is 61.9 Å². The summed E-state index contributed by atoms with van der Waals surface area (Å²) in [6, 6.07) is 6.79. The zero-order valence-corrected chi connectivity index (χ0v) is 14.1. The second-order valence-electron chi connectivity index (χ2n) is 6.37. The second kappa shape index (κ2) is 7.04. The Labute approximate surface area is 129 Å². The smallest absolute Gasteiger partial charge is 0.0738 e. The van der Waals surface area contributed by atoms with E-state index in [2.05, 4.69) is 58.1 Å². The number of nitrogens with one attached hydrogen (secondary N) is 1. The van der Waals surface area contributed by atoms with E-state index in [4.69, 9.17) is 4.98 Å². The predicted octanol–water partition coefficient (Wildman–Crippen LogP) is 4.86. The Morgan fingerprint density at radius 2 is 1.90 bits per heavy atom. The van der Waals surface area contributed by atoms with Crippen molar-refractivity contribution in [1.29, 1.82) is 0 Å². The lowest BCUT2D eigenvalue weighted by atomic mass is 9.99. The van der Waals surface area contributed by atoms with Crippen molar-refractivity contribution in [2.24, 2.45) is 0 Å². The lowest BCUT2D eigenvalue weighted by Gasteiger charge is -2.14. The van der Waals surface area contributed by atoms with E-state index < -0.39 is 0 Å². The molecule has 21 heavy (non-hydrogen) atoms. The number of unbranched alkanes of at least 4 members (excludes halogenated alkanes) is 1. The minimum atomic E-state index is 0.462. The van der Waals surface area contributed by atoms with E-state index in [9.17, 15) is 0 Å². The molecule has 1 aromatic heterocycles. The molecule has 0 amide bonds. The van der Waals surface area contributed by atoms with E-state index >= 15 is 0 Å². The van der Waals surface area contributed by atoms with Crippen molar-refractivity contribution in [3.8, 4) is 0 Å². The molecule has 0 saturated heterocycles. The number of hydrogen-bond acceptors (Lipinski definition) is 2. The summed E-state index contributed by atoms with van der Waals surface area (Å²) in [4.78, 5) is 4.89. The van der Waals surface area contributed by atoms with Crippen molar-refractivity contribution >= 4 is 10.9 Å². The third-order valence-electron chi connectivity index (χ3n) is 3.97. The van der Waals surface area contributed by atoms with Gasteiger partial charge in [0.2, 0.25) is 0 Å². The van der Waals surface area contributed by atoms with Gasteiger partial charge in [-0.2, -0.15) is 0 Å². The summed E-state index contributed by atoms with van der Waals surface area (Å²) in [5.74, 6) is 0.462. The molecule has 2 nitrogen and oxygen atoms in total. The average molecular weight is 284 g/mol. The number of aromatic nitrogens is 1. The molecule has 0 radical (unpaired) electrons.